The van der Waals surface area contributed by atoms with Crippen molar-refractivity contribution >= 4 is 0 Å². The standard InChI is InChI=1S/C12H15N5O/c1-17-8-11(6-15-17)18-12-7-13-4-10(16-12)5-14-9-2-3-9/h4,6-9,14H,2-3,5H2,1H3. The Balaban J connectivity index is 1.65. The molecule has 0 atom stereocenters. The Morgan fingerprint density at radius 1 is 1.39 bits per heavy atom. The van der Waals surface area contributed by atoms with Gasteiger partial charge in [0.2, 0.25) is 5.88 Å². The molecule has 0 amide bonds. The average Bonchev–Trinajstić information content (AvgIpc) is 3.11. The first kappa shape index (κ1) is 11.2. The lowest BCUT2D eigenvalue weighted by Crippen LogP contribution is -2.16. The van der Waals surface area contributed by atoms with Crippen molar-refractivity contribution in [2.24, 2.45) is 7.05 Å². The molecule has 94 valence electrons. The molecule has 0 unspecified atom stereocenters. The molecule has 2 heterocycles. The zero-order chi connectivity index (χ0) is 12.4. The van der Waals surface area contributed by atoms with E-state index < -0.39 is 0 Å². The van der Waals surface area contributed by atoms with Crippen LogP contribution in [-0.4, -0.2) is 25.8 Å². The van der Waals surface area contributed by atoms with Gasteiger partial charge in [0.15, 0.2) is 5.75 Å². The van der Waals surface area contributed by atoms with Crippen molar-refractivity contribution in [2.45, 2.75) is 25.4 Å². The second-order valence-corrected chi connectivity index (χ2v) is 4.46. The molecule has 1 saturated carbocycles. The SMILES string of the molecule is Cn1cc(Oc2cncc(CNC3CC3)n2)cn1. The molecule has 0 aliphatic heterocycles. The highest BCUT2D eigenvalue weighted by atomic mass is 16.5. The number of rotatable bonds is 5. The Labute approximate surface area is 105 Å². The molecule has 2 aromatic heterocycles. The predicted octanol–water partition coefficient (Wildman–Crippen LogP) is 1.25. The zero-order valence-corrected chi connectivity index (χ0v) is 10.2. The molecule has 3 rings (SSSR count). The summed E-state index contributed by atoms with van der Waals surface area (Å²) in [6, 6.07) is 0.662. The summed E-state index contributed by atoms with van der Waals surface area (Å²) in [5.41, 5.74) is 0.892. The normalized spacial score (nSPS) is 14.7. The molecular weight excluding hydrogens is 230 g/mol. The minimum absolute atomic E-state index is 0.498. The van der Waals surface area contributed by atoms with Gasteiger partial charge in [-0.3, -0.25) is 9.67 Å². The van der Waals surface area contributed by atoms with Crippen LogP contribution in [0.1, 0.15) is 18.5 Å². The molecule has 1 N–H and O–H groups in total. The fourth-order valence-corrected chi connectivity index (χ4v) is 1.63. The maximum atomic E-state index is 5.58. The third-order valence-corrected chi connectivity index (χ3v) is 2.72. The number of aromatic nitrogens is 4. The van der Waals surface area contributed by atoms with E-state index in [1.165, 1.54) is 12.8 Å². The van der Waals surface area contributed by atoms with Gasteiger partial charge in [0.25, 0.3) is 0 Å². The molecule has 6 nitrogen and oxygen atoms in total. The quantitative estimate of drug-likeness (QED) is 0.859. The molecule has 6 heteroatoms. The molecule has 1 aliphatic rings. The molecule has 0 radical (unpaired) electrons. The van der Waals surface area contributed by atoms with Crippen molar-refractivity contribution in [2.75, 3.05) is 0 Å². The Hall–Kier alpha value is -1.95. The number of ether oxygens (including phenoxy) is 1. The summed E-state index contributed by atoms with van der Waals surface area (Å²) in [6.45, 7) is 0.738. The van der Waals surface area contributed by atoms with E-state index >= 15 is 0 Å². The summed E-state index contributed by atoms with van der Waals surface area (Å²) in [5.74, 6) is 1.16. The van der Waals surface area contributed by atoms with E-state index in [0.29, 0.717) is 17.7 Å². The van der Waals surface area contributed by atoms with E-state index in [1.807, 2.05) is 7.05 Å². The first-order valence-corrected chi connectivity index (χ1v) is 6.00. The third-order valence-electron chi connectivity index (χ3n) is 2.72. The molecule has 2 aromatic rings. The van der Waals surface area contributed by atoms with Gasteiger partial charge in [0, 0.05) is 25.8 Å². The van der Waals surface area contributed by atoms with E-state index in [0.717, 1.165) is 12.2 Å². The number of hydrogen-bond donors (Lipinski definition) is 1. The topological polar surface area (TPSA) is 64.9 Å². The summed E-state index contributed by atoms with van der Waals surface area (Å²) < 4.78 is 7.26. The van der Waals surface area contributed by atoms with Gasteiger partial charge in [-0.05, 0) is 12.8 Å². The molecule has 0 saturated heterocycles. The van der Waals surface area contributed by atoms with Crippen molar-refractivity contribution in [3.63, 3.8) is 0 Å². The summed E-state index contributed by atoms with van der Waals surface area (Å²) in [6.07, 6.45) is 9.32. The second kappa shape index (κ2) is 4.73. The Bertz CT molecular complexity index is 535. The van der Waals surface area contributed by atoms with E-state index in [9.17, 15) is 0 Å². The van der Waals surface area contributed by atoms with Crippen LogP contribution in [0.2, 0.25) is 0 Å². The first-order valence-electron chi connectivity index (χ1n) is 6.00. The van der Waals surface area contributed by atoms with Crippen molar-refractivity contribution in [1.82, 2.24) is 25.1 Å². The number of hydrogen-bond acceptors (Lipinski definition) is 5. The zero-order valence-electron chi connectivity index (χ0n) is 10.2. The van der Waals surface area contributed by atoms with E-state index in [-0.39, 0.29) is 0 Å². The smallest absolute Gasteiger partial charge is 0.238 e. The molecule has 0 aromatic carbocycles. The number of nitrogens with one attached hydrogen (secondary N) is 1. The fourth-order valence-electron chi connectivity index (χ4n) is 1.63. The lowest BCUT2D eigenvalue weighted by molar-refractivity contribution is 0.455. The maximum Gasteiger partial charge on any atom is 0.238 e. The number of nitrogens with zero attached hydrogens (tertiary/aromatic N) is 4. The van der Waals surface area contributed by atoms with Crippen LogP contribution in [0.25, 0.3) is 0 Å². The highest BCUT2D eigenvalue weighted by molar-refractivity contribution is 5.20. The Morgan fingerprint density at radius 3 is 3.00 bits per heavy atom. The third kappa shape index (κ3) is 2.84. The van der Waals surface area contributed by atoms with Gasteiger partial charge < -0.3 is 10.1 Å². The van der Waals surface area contributed by atoms with E-state index in [4.69, 9.17) is 4.74 Å². The van der Waals surface area contributed by atoms with Crippen LogP contribution in [0.4, 0.5) is 0 Å². The monoisotopic (exact) mass is 245 g/mol. The van der Waals surface area contributed by atoms with Crippen LogP contribution in [0.5, 0.6) is 11.6 Å². The molecule has 1 aliphatic carbocycles. The summed E-state index contributed by atoms with van der Waals surface area (Å²) in [4.78, 5) is 8.52. The Morgan fingerprint density at radius 2 is 2.28 bits per heavy atom. The lowest BCUT2D eigenvalue weighted by atomic mass is 10.4. The highest BCUT2D eigenvalue weighted by Gasteiger charge is 2.20. The highest BCUT2D eigenvalue weighted by Crippen LogP contribution is 2.20. The minimum atomic E-state index is 0.498. The predicted molar refractivity (Wildman–Crippen MR) is 65.2 cm³/mol. The maximum absolute atomic E-state index is 5.58. The van der Waals surface area contributed by atoms with E-state index in [1.54, 1.807) is 29.5 Å². The molecule has 0 spiro atoms. The van der Waals surface area contributed by atoms with Crippen LogP contribution in [0.15, 0.2) is 24.8 Å². The van der Waals surface area contributed by atoms with Crippen molar-refractivity contribution in [3.05, 3.63) is 30.5 Å². The fraction of sp³-hybridized carbons (Fsp3) is 0.417. The molecule has 1 fully saturated rings. The van der Waals surface area contributed by atoms with Gasteiger partial charge in [-0.2, -0.15) is 5.10 Å². The van der Waals surface area contributed by atoms with Gasteiger partial charge in [0.1, 0.15) is 0 Å². The van der Waals surface area contributed by atoms with Crippen LogP contribution < -0.4 is 10.1 Å². The largest absolute Gasteiger partial charge is 0.434 e. The lowest BCUT2D eigenvalue weighted by Gasteiger charge is -2.04. The van der Waals surface area contributed by atoms with Gasteiger partial charge in [-0.25, -0.2) is 4.98 Å². The summed E-state index contributed by atoms with van der Waals surface area (Å²) in [7, 11) is 1.84. The average molecular weight is 245 g/mol. The van der Waals surface area contributed by atoms with Crippen molar-refractivity contribution in [1.29, 1.82) is 0 Å². The molecule has 0 bridgehead atoms. The second-order valence-electron chi connectivity index (χ2n) is 4.46. The molecular formula is C12H15N5O. The van der Waals surface area contributed by atoms with Crippen LogP contribution >= 0.6 is 0 Å². The van der Waals surface area contributed by atoms with E-state index in [2.05, 4.69) is 20.4 Å². The summed E-state index contributed by atoms with van der Waals surface area (Å²) >= 11 is 0. The van der Waals surface area contributed by atoms with Gasteiger partial charge in [-0.1, -0.05) is 0 Å². The van der Waals surface area contributed by atoms with Crippen molar-refractivity contribution < 1.29 is 4.74 Å². The molecule has 18 heavy (non-hydrogen) atoms. The Kier molecular flexibility index (Phi) is 2.93. The minimum Gasteiger partial charge on any atom is -0.434 e. The number of aryl methyl sites for hydroxylation is 1. The van der Waals surface area contributed by atoms with Crippen LogP contribution in [-0.2, 0) is 13.6 Å². The van der Waals surface area contributed by atoms with Gasteiger partial charge >= 0.3 is 0 Å². The van der Waals surface area contributed by atoms with Gasteiger partial charge in [0.05, 0.1) is 24.3 Å². The van der Waals surface area contributed by atoms with Crippen molar-refractivity contribution in [3.8, 4) is 11.6 Å². The first-order chi connectivity index (χ1) is 8.79. The van der Waals surface area contributed by atoms with Crippen LogP contribution in [0.3, 0.4) is 0 Å². The summed E-state index contributed by atoms with van der Waals surface area (Å²) in [5, 5.41) is 7.43. The van der Waals surface area contributed by atoms with Gasteiger partial charge in [-0.15, -0.1) is 0 Å². The van der Waals surface area contributed by atoms with Crippen LogP contribution in [0, 0.1) is 0 Å².